The van der Waals surface area contributed by atoms with Crippen molar-refractivity contribution in [3.05, 3.63) is 198 Å². The highest BCUT2D eigenvalue weighted by atomic mass is 15.0. The molecule has 1 spiro atoms. The maximum absolute atomic E-state index is 2.32. The Morgan fingerprint density at radius 1 is 0.314 bits per heavy atom. The molecule has 0 saturated heterocycles. The van der Waals surface area contributed by atoms with E-state index >= 15 is 0 Å². The summed E-state index contributed by atoms with van der Waals surface area (Å²) in [5, 5.41) is 2.61. The third-order valence-electron chi connectivity index (χ3n) is 9.50. The van der Waals surface area contributed by atoms with Crippen molar-refractivity contribution in [2.75, 3.05) is 0 Å². The van der Waals surface area contributed by atoms with E-state index in [4.69, 9.17) is 0 Å². The number of rotatable bonds is 1. The van der Waals surface area contributed by atoms with Gasteiger partial charge >= 0.3 is 0 Å². The molecule has 1 aromatic heterocycles. The first-order valence-electron chi connectivity index (χ1n) is 17.3. The summed E-state index contributed by atoms with van der Waals surface area (Å²) < 4.78 is 2.32. The van der Waals surface area contributed by atoms with Crippen LogP contribution in [0.5, 0.6) is 0 Å². The number of nitrogens with zero attached hydrogens (tertiary/aromatic N) is 1. The van der Waals surface area contributed by atoms with Crippen LogP contribution >= 0.6 is 0 Å². The van der Waals surface area contributed by atoms with Gasteiger partial charge in [-0.3, -0.25) is 0 Å². The summed E-state index contributed by atoms with van der Waals surface area (Å²) in [6, 6.07) is 63.3. The molecule has 0 aliphatic heterocycles. The summed E-state index contributed by atoms with van der Waals surface area (Å²) >= 11 is 0. The van der Waals surface area contributed by atoms with Crippen molar-refractivity contribution < 1.29 is 0 Å². The lowest BCUT2D eigenvalue weighted by Gasteiger charge is -2.30. The minimum absolute atomic E-state index is 0. The van der Waals surface area contributed by atoms with Crippen molar-refractivity contribution in [3.63, 3.8) is 0 Å². The summed E-state index contributed by atoms with van der Waals surface area (Å²) in [4.78, 5) is 0. The molecule has 10 rings (SSSR count). The summed E-state index contributed by atoms with van der Waals surface area (Å²) in [6.45, 7) is 8.00. The Morgan fingerprint density at radius 2 is 0.588 bits per heavy atom. The first-order chi connectivity index (χ1) is 23.9. The molecule has 51 heavy (non-hydrogen) atoms. The fraction of sp³-hybridized carbons (Fsp3) is 0.160. The summed E-state index contributed by atoms with van der Waals surface area (Å²) in [5.41, 5.74) is 14.7. The van der Waals surface area contributed by atoms with Crippen molar-refractivity contribution in [3.8, 4) is 27.9 Å². The second kappa shape index (κ2) is 16.4. The third-order valence-corrected chi connectivity index (χ3v) is 9.50. The van der Waals surface area contributed by atoms with E-state index in [1.807, 2.05) is 27.7 Å². The molecule has 1 heteroatoms. The number of hydrogen-bond acceptors (Lipinski definition) is 0. The molecule has 0 amide bonds. The zero-order valence-electron chi connectivity index (χ0n) is 28.2. The van der Waals surface area contributed by atoms with Crippen LogP contribution < -0.4 is 0 Å². The van der Waals surface area contributed by atoms with Gasteiger partial charge in [-0.15, -0.1) is 0 Å². The molecule has 0 saturated carbocycles. The smallest absolute Gasteiger partial charge is 0.0725 e. The second-order valence-electron chi connectivity index (χ2n) is 11.6. The molecule has 2 aliphatic rings. The van der Waals surface area contributed by atoms with Gasteiger partial charge in [-0.2, -0.15) is 0 Å². The van der Waals surface area contributed by atoms with Gasteiger partial charge in [-0.1, -0.05) is 202 Å². The Hall–Kier alpha value is -5.66. The molecular formula is C50H53N. The van der Waals surface area contributed by atoms with Gasteiger partial charge in [-0.25, -0.2) is 0 Å². The quantitative estimate of drug-likeness (QED) is 0.164. The molecule has 1 nitrogen and oxygen atoms in total. The standard InChI is InChI=1S/C25H16.C18H13N.2C2H6.3CH4/c1-5-13-21-17(9-1)18-10-2-6-14-22(18)25(21)23-15-7-3-11-19(23)20-12-4-8-16-24(20)25;1-2-8-14(9-3-1)19-17-12-6-4-10-15(17)16-11-5-7-13-18(16)19;2*1-2;;;/h1-16H;1-13H;2*1-2H3;3*1H4. The molecule has 0 N–H and O–H groups in total. The molecule has 8 aromatic rings. The van der Waals surface area contributed by atoms with Crippen LogP contribution in [0.25, 0.3) is 49.7 Å². The Balaban J connectivity index is 0.000000203. The van der Waals surface area contributed by atoms with Gasteiger partial charge in [0.05, 0.1) is 16.4 Å². The SMILES string of the molecule is C.C.C.CC.CC.c1ccc(-n2c3ccccc3c3ccccc32)cc1.c1ccc2c(c1)-c1ccccc1C21c2ccccc2-c2ccccc21. The first kappa shape index (κ1) is 38.1. The van der Waals surface area contributed by atoms with E-state index in [9.17, 15) is 0 Å². The van der Waals surface area contributed by atoms with Crippen molar-refractivity contribution >= 4 is 21.8 Å². The lowest BCUT2D eigenvalue weighted by atomic mass is 9.70. The lowest BCUT2D eigenvalue weighted by Crippen LogP contribution is -2.25. The van der Waals surface area contributed by atoms with E-state index in [0.29, 0.717) is 0 Å². The van der Waals surface area contributed by atoms with E-state index in [-0.39, 0.29) is 27.7 Å². The fourth-order valence-corrected chi connectivity index (χ4v) is 7.83. The molecule has 7 aromatic carbocycles. The van der Waals surface area contributed by atoms with E-state index in [1.54, 1.807) is 0 Å². The highest BCUT2D eigenvalue weighted by Gasteiger charge is 2.51. The van der Waals surface area contributed by atoms with E-state index in [0.717, 1.165) is 0 Å². The summed E-state index contributed by atoms with van der Waals surface area (Å²) in [6.07, 6.45) is 0. The van der Waals surface area contributed by atoms with Crippen LogP contribution in [0.4, 0.5) is 0 Å². The minimum Gasteiger partial charge on any atom is -0.309 e. The average molecular weight is 668 g/mol. The Kier molecular flexibility index (Phi) is 12.2. The Labute approximate surface area is 306 Å². The average Bonchev–Trinajstić information content (AvgIpc) is 3.79. The summed E-state index contributed by atoms with van der Waals surface area (Å²) in [5.74, 6) is 0. The number of fused-ring (bicyclic) bond motifs is 13. The molecule has 0 atom stereocenters. The van der Waals surface area contributed by atoms with Gasteiger partial charge in [0.15, 0.2) is 0 Å². The lowest BCUT2D eigenvalue weighted by molar-refractivity contribution is 0.794. The van der Waals surface area contributed by atoms with Crippen molar-refractivity contribution in [2.45, 2.75) is 55.4 Å². The van der Waals surface area contributed by atoms with Crippen LogP contribution in [0, 0.1) is 0 Å². The van der Waals surface area contributed by atoms with Crippen LogP contribution in [0.1, 0.15) is 72.2 Å². The van der Waals surface area contributed by atoms with E-state index < -0.39 is 0 Å². The van der Waals surface area contributed by atoms with Crippen LogP contribution in [-0.4, -0.2) is 4.57 Å². The van der Waals surface area contributed by atoms with Gasteiger partial charge in [0, 0.05) is 16.5 Å². The molecule has 2 aliphatic carbocycles. The largest absolute Gasteiger partial charge is 0.309 e. The van der Waals surface area contributed by atoms with Crippen LogP contribution in [-0.2, 0) is 5.41 Å². The number of aromatic nitrogens is 1. The predicted molar refractivity (Wildman–Crippen MR) is 226 cm³/mol. The van der Waals surface area contributed by atoms with Crippen molar-refractivity contribution in [2.24, 2.45) is 0 Å². The minimum atomic E-state index is -0.180. The zero-order chi connectivity index (χ0) is 33.1. The molecule has 0 unspecified atom stereocenters. The molecule has 1 heterocycles. The van der Waals surface area contributed by atoms with Gasteiger partial charge < -0.3 is 4.57 Å². The maximum atomic E-state index is 2.32. The van der Waals surface area contributed by atoms with Crippen molar-refractivity contribution in [1.29, 1.82) is 0 Å². The highest BCUT2D eigenvalue weighted by Crippen LogP contribution is 2.62. The molecular weight excluding hydrogens is 615 g/mol. The van der Waals surface area contributed by atoms with Crippen LogP contribution in [0.3, 0.4) is 0 Å². The third kappa shape index (κ3) is 5.87. The molecule has 0 radical (unpaired) electrons. The summed E-state index contributed by atoms with van der Waals surface area (Å²) in [7, 11) is 0. The van der Waals surface area contributed by atoms with Gasteiger partial charge in [0.2, 0.25) is 0 Å². The normalized spacial score (nSPS) is 11.6. The van der Waals surface area contributed by atoms with Crippen molar-refractivity contribution in [1.82, 2.24) is 4.57 Å². The first-order valence-corrected chi connectivity index (χ1v) is 17.3. The molecule has 0 fully saturated rings. The molecule has 0 bridgehead atoms. The number of benzene rings is 7. The zero-order valence-corrected chi connectivity index (χ0v) is 28.2. The predicted octanol–water partition coefficient (Wildman–Crippen LogP) is 14.8. The Morgan fingerprint density at radius 3 is 0.941 bits per heavy atom. The molecule has 258 valence electrons. The number of hydrogen-bond donors (Lipinski definition) is 0. The van der Waals surface area contributed by atoms with E-state index in [2.05, 4.69) is 180 Å². The topological polar surface area (TPSA) is 4.93 Å². The highest BCUT2D eigenvalue weighted by molar-refractivity contribution is 6.09. The van der Waals surface area contributed by atoms with E-state index in [1.165, 1.54) is 72.0 Å². The van der Waals surface area contributed by atoms with Gasteiger partial charge in [0.1, 0.15) is 0 Å². The monoisotopic (exact) mass is 667 g/mol. The van der Waals surface area contributed by atoms with Gasteiger partial charge in [0.25, 0.3) is 0 Å². The Bertz CT molecular complexity index is 2100. The van der Waals surface area contributed by atoms with Crippen LogP contribution in [0.2, 0.25) is 0 Å². The van der Waals surface area contributed by atoms with Gasteiger partial charge in [-0.05, 0) is 68.8 Å². The second-order valence-corrected chi connectivity index (χ2v) is 11.6. The van der Waals surface area contributed by atoms with Crippen LogP contribution in [0.15, 0.2) is 176 Å². The maximum Gasteiger partial charge on any atom is 0.0725 e. The fourth-order valence-electron chi connectivity index (χ4n) is 7.83. The number of para-hydroxylation sites is 3.